The largest absolute Gasteiger partial charge is 0.309 e. The standard InChI is InChI=1S/C4H6N2O/c1-2-4-3-7-6-5-4/h3H,2H2,1H3/p+1. The fourth-order valence-electron chi connectivity index (χ4n) is 0.364. The zero-order valence-electron chi connectivity index (χ0n) is 4.14. The fourth-order valence-corrected chi connectivity index (χ4v) is 0.364. The topological polar surface area (TPSA) is 40.2 Å². The van der Waals surface area contributed by atoms with Crippen molar-refractivity contribution in [3.05, 3.63) is 12.0 Å². The van der Waals surface area contributed by atoms with Crippen LogP contribution in [0.2, 0.25) is 0 Å². The summed E-state index contributed by atoms with van der Waals surface area (Å²) < 4.78 is 4.50. The second kappa shape index (κ2) is 1.73. The molecule has 0 aliphatic rings. The van der Waals surface area contributed by atoms with Gasteiger partial charge in [-0.15, -0.1) is 0 Å². The van der Waals surface area contributed by atoms with Crippen molar-refractivity contribution in [1.29, 1.82) is 0 Å². The first-order valence-corrected chi connectivity index (χ1v) is 2.24. The number of aryl methyl sites for hydroxylation is 1. The van der Waals surface area contributed by atoms with Crippen molar-refractivity contribution in [2.45, 2.75) is 13.3 Å². The SMILES string of the molecule is CCc1con[nH+]1. The van der Waals surface area contributed by atoms with E-state index < -0.39 is 0 Å². The minimum atomic E-state index is 0.948. The Morgan fingerprint density at radius 1 is 2.00 bits per heavy atom. The van der Waals surface area contributed by atoms with Gasteiger partial charge in [0.1, 0.15) is 0 Å². The van der Waals surface area contributed by atoms with Crippen molar-refractivity contribution in [2.75, 3.05) is 0 Å². The Hall–Kier alpha value is -0.860. The van der Waals surface area contributed by atoms with Crippen LogP contribution >= 0.6 is 0 Å². The Morgan fingerprint density at radius 2 is 2.86 bits per heavy atom. The van der Waals surface area contributed by atoms with Crippen LogP contribution < -0.4 is 5.10 Å². The van der Waals surface area contributed by atoms with E-state index in [2.05, 4.69) is 14.9 Å². The van der Waals surface area contributed by atoms with Crippen LogP contribution in [0, 0.1) is 0 Å². The quantitative estimate of drug-likeness (QED) is 0.499. The van der Waals surface area contributed by atoms with Crippen LogP contribution in [0.25, 0.3) is 0 Å². The highest BCUT2D eigenvalue weighted by atomic mass is 16.5. The summed E-state index contributed by atoms with van der Waals surface area (Å²) in [6.45, 7) is 2.03. The van der Waals surface area contributed by atoms with Crippen LogP contribution in [0.3, 0.4) is 0 Å². The van der Waals surface area contributed by atoms with Gasteiger partial charge >= 0.3 is 0 Å². The molecule has 0 spiro atoms. The Kier molecular flexibility index (Phi) is 1.06. The third-order valence-corrected chi connectivity index (χ3v) is 0.818. The van der Waals surface area contributed by atoms with Crippen LogP contribution in [0.4, 0.5) is 0 Å². The molecule has 0 fully saturated rings. The lowest BCUT2D eigenvalue weighted by Crippen LogP contribution is -2.06. The minimum absolute atomic E-state index is 0.948. The maximum Gasteiger partial charge on any atom is 0.246 e. The number of rotatable bonds is 1. The highest BCUT2D eigenvalue weighted by molar-refractivity contribution is 4.77. The molecule has 3 nitrogen and oxygen atoms in total. The summed E-state index contributed by atoms with van der Waals surface area (Å²) in [6.07, 6.45) is 2.55. The Bertz CT molecular complexity index is 124. The van der Waals surface area contributed by atoms with Gasteiger partial charge in [-0.1, -0.05) is 12.0 Å². The second-order valence-electron chi connectivity index (χ2n) is 1.31. The van der Waals surface area contributed by atoms with Crippen molar-refractivity contribution in [2.24, 2.45) is 0 Å². The van der Waals surface area contributed by atoms with Gasteiger partial charge in [0.15, 0.2) is 11.5 Å². The molecule has 3 heteroatoms. The maximum absolute atomic E-state index is 4.50. The van der Waals surface area contributed by atoms with Crippen molar-refractivity contribution in [3.8, 4) is 0 Å². The first-order valence-electron chi connectivity index (χ1n) is 2.24. The molecule has 7 heavy (non-hydrogen) atoms. The lowest BCUT2D eigenvalue weighted by atomic mass is 10.4. The van der Waals surface area contributed by atoms with Gasteiger partial charge in [0, 0.05) is 6.42 Å². The molecule has 0 unspecified atom stereocenters. The van der Waals surface area contributed by atoms with E-state index in [4.69, 9.17) is 0 Å². The third-order valence-electron chi connectivity index (χ3n) is 0.818. The number of hydrogen-bond donors (Lipinski definition) is 0. The van der Waals surface area contributed by atoms with Crippen LogP contribution in [0.15, 0.2) is 10.8 Å². The molecule has 1 rings (SSSR count). The molecule has 0 aliphatic carbocycles. The summed E-state index contributed by atoms with van der Waals surface area (Å²) in [5.41, 5.74) is 1.03. The van der Waals surface area contributed by atoms with Gasteiger partial charge < -0.3 is 4.52 Å². The average molecular weight is 99.1 g/mol. The zero-order valence-corrected chi connectivity index (χ0v) is 4.14. The summed E-state index contributed by atoms with van der Waals surface area (Å²) in [6, 6.07) is 0. The zero-order chi connectivity index (χ0) is 5.11. The number of aromatic nitrogens is 2. The monoisotopic (exact) mass is 99.1 g/mol. The minimum Gasteiger partial charge on any atom is -0.309 e. The van der Waals surface area contributed by atoms with Gasteiger partial charge in [-0.2, -0.15) is 0 Å². The Labute approximate surface area is 41.3 Å². The first-order chi connectivity index (χ1) is 3.43. The molecule has 1 aromatic heterocycles. The second-order valence-corrected chi connectivity index (χ2v) is 1.31. The molecule has 0 saturated heterocycles. The van der Waals surface area contributed by atoms with Crippen molar-refractivity contribution < 1.29 is 9.62 Å². The van der Waals surface area contributed by atoms with Crippen molar-refractivity contribution >= 4 is 0 Å². The van der Waals surface area contributed by atoms with Crippen LogP contribution in [-0.4, -0.2) is 5.27 Å². The molecule has 1 N–H and O–H groups in total. The van der Waals surface area contributed by atoms with E-state index in [1.807, 2.05) is 6.92 Å². The van der Waals surface area contributed by atoms with E-state index in [9.17, 15) is 0 Å². The van der Waals surface area contributed by atoms with Gasteiger partial charge in [0.25, 0.3) is 0 Å². The number of H-pyrrole nitrogens is 1. The summed E-state index contributed by atoms with van der Waals surface area (Å²) >= 11 is 0. The predicted octanol–water partition coefficient (Wildman–Crippen LogP) is 0.0511. The van der Waals surface area contributed by atoms with Gasteiger partial charge in [-0.05, 0) is 0 Å². The van der Waals surface area contributed by atoms with Gasteiger partial charge in [0.05, 0.1) is 0 Å². The normalized spacial score (nSPS) is 9.29. The smallest absolute Gasteiger partial charge is 0.246 e. The van der Waals surface area contributed by atoms with Gasteiger partial charge in [-0.3, -0.25) is 0 Å². The number of hydrogen-bond acceptors (Lipinski definition) is 2. The third kappa shape index (κ3) is 0.765. The lowest BCUT2D eigenvalue weighted by molar-refractivity contribution is -0.480. The summed E-state index contributed by atoms with van der Waals surface area (Å²) in [4.78, 5) is 0. The molecule has 0 saturated carbocycles. The highest BCUT2D eigenvalue weighted by Crippen LogP contribution is 1.83. The van der Waals surface area contributed by atoms with E-state index >= 15 is 0 Å². The molecule has 0 amide bonds. The van der Waals surface area contributed by atoms with Crippen molar-refractivity contribution in [3.63, 3.8) is 0 Å². The summed E-state index contributed by atoms with van der Waals surface area (Å²) in [5.74, 6) is 0. The Balaban J connectivity index is 2.76. The van der Waals surface area contributed by atoms with E-state index in [0.717, 1.165) is 12.1 Å². The first kappa shape index (κ1) is 4.30. The predicted molar refractivity (Wildman–Crippen MR) is 22.4 cm³/mol. The highest BCUT2D eigenvalue weighted by Gasteiger charge is 1.96. The molecular formula is C4H7N2O+. The molecule has 0 atom stereocenters. The summed E-state index contributed by atoms with van der Waals surface area (Å²) in [7, 11) is 0. The molecule has 1 aromatic rings. The Morgan fingerprint density at radius 3 is 3.14 bits per heavy atom. The fraction of sp³-hybridized carbons (Fsp3) is 0.500. The van der Waals surface area contributed by atoms with E-state index in [1.54, 1.807) is 6.26 Å². The molecule has 0 aromatic carbocycles. The number of nitrogens with zero attached hydrogens (tertiary/aromatic N) is 1. The number of nitrogens with one attached hydrogen (secondary N) is 1. The van der Waals surface area contributed by atoms with Crippen LogP contribution in [-0.2, 0) is 6.42 Å². The van der Waals surface area contributed by atoms with Crippen LogP contribution in [0.1, 0.15) is 12.6 Å². The van der Waals surface area contributed by atoms with E-state index in [0.29, 0.717) is 0 Å². The molecular weight excluding hydrogens is 92.1 g/mol. The molecule has 1 heterocycles. The summed E-state index contributed by atoms with van der Waals surface area (Å²) in [5, 5.41) is 6.06. The van der Waals surface area contributed by atoms with Gasteiger partial charge in [-0.25, -0.2) is 0 Å². The maximum atomic E-state index is 4.50. The lowest BCUT2D eigenvalue weighted by Gasteiger charge is -1.64. The number of aromatic amines is 1. The van der Waals surface area contributed by atoms with E-state index in [1.165, 1.54) is 0 Å². The van der Waals surface area contributed by atoms with Crippen molar-refractivity contribution in [1.82, 2.24) is 5.27 Å². The molecule has 0 radical (unpaired) electrons. The van der Waals surface area contributed by atoms with Crippen LogP contribution in [0.5, 0.6) is 0 Å². The average Bonchev–Trinajstić information content (AvgIpc) is 2.14. The van der Waals surface area contributed by atoms with Gasteiger partial charge in [0.2, 0.25) is 5.69 Å². The molecule has 0 bridgehead atoms. The van der Waals surface area contributed by atoms with E-state index in [-0.39, 0.29) is 0 Å². The molecule has 38 valence electrons. The molecule has 0 aliphatic heterocycles.